The highest BCUT2D eigenvalue weighted by atomic mass is 35.5. The molecule has 22 heavy (non-hydrogen) atoms. The van der Waals surface area contributed by atoms with E-state index in [2.05, 4.69) is 0 Å². The van der Waals surface area contributed by atoms with Crippen LogP contribution >= 0.6 is 11.6 Å². The number of methoxy groups -OCH3 is 1. The van der Waals surface area contributed by atoms with E-state index >= 15 is 0 Å². The Bertz CT molecular complexity index is 652. The molecule has 0 bridgehead atoms. The fraction of sp³-hybridized carbons (Fsp3) is 0.412. The number of para-hydroxylation sites is 1. The van der Waals surface area contributed by atoms with E-state index in [1.54, 1.807) is 12.1 Å². The first-order chi connectivity index (χ1) is 10.6. The Labute approximate surface area is 134 Å². The summed E-state index contributed by atoms with van der Waals surface area (Å²) in [5.41, 5.74) is -0.746. The number of hydrogen-bond acceptors (Lipinski definition) is 4. The normalized spacial score (nSPS) is 27.5. The molecule has 0 spiro atoms. The van der Waals surface area contributed by atoms with Gasteiger partial charge in [0.2, 0.25) is 5.60 Å². The van der Waals surface area contributed by atoms with Gasteiger partial charge in [0.15, 0.2) is 0 Å². The number of carbonyl (C=O) groups is 2. The average molecular weight is 321 g/mol. The first-order valence-electron chi connectivity index (χ1n) is 7.36. The molecule has 1 heterocycles. The molecule has 0 N–H and O–H groups in total. The largest absolute Gasteiger partial charge is 0.470 e. The molecule has 0 amide bonds. The third-order valence-corrected chi connectivity index (χ3v) is 4.65. The summed E-state index contributed by atoms with van der Waals surface area (Å²) >= 11 is 6.36. The average Bonchev–Trinajstić information content (AvgIpc) is 2.54. The molecule has 2 atom stereocenters. The first kappa shape index (κ1) is 15.1. The molecule has 1 aromatic rings. The number of fused-ring (bicyclic) bond motifs is 1. The van der Waals surface area contributed by atoms with Gasteiger partial charge in [0.05, 0.1) is 18.1 Å². The highest BCUT2D eigenvalue weighted by Crippen LogP contribution is 2.44. The van der Waals surface area contributed by atoms with Gasteiger partial charge in [-0.2, -0.15) is 0 Å². The molecule has 1 aliphatic carbocycles. The second kappa shape index (κ2) is 5.76. The Balaban J connectivity index is 2.11. The summed E-state index contributed by atoms with van der Waals surface area (Å²) in [4.78, 5) is 24.9. The van der Waals surface area contributed by atoms with Crippen LogP contribution in [0.3, 0.4) is 0 Å². The fourth-order valence-electron chi connectivity index (χ4n) is 3.24. The first-order valence-corrected chi connectivity index (χ1v) is 7.74. The van der Waals surface area contributed by atoms with Crippen molar-refractivity contribution in [2.45, 2.75) is 31.3 Å². The molecule has 1 aliphatic heterocycles. The second-order valence-electron chi connectivity index (χ2n) is 5.64. The maximum absolute atomic E-state index is 12.5. The van der Waals surface area contributed by atoms with Crippen LogP contribution in [0.15, 0.2) is 30.3 Å². The third-order valence-electron chi connectivity index (χ3n) is 4.34. The van der Waals surface area contributed by atoms with Crippen molar-refractivity contribution < 1.29 is 19.1 Å². The van der Waals surface area contributed by atoms with Gasteiger partial charge >= 0.3 is 5.97 Å². The van der Waals surface area contributed by atoms with Crippen LogP contribution in [0.25, 0.3) is 5.03 Å². The van der Waals surface area contributed by atoms with Gasteiger partial charge in [0.25, 0.3) is 0 Å². The van der Waals surface area contributed by atoms with E-state index in [1.807, 2.05) is 12.1 Å². The predicted octanol–water partition coefficient (Wildman–Crippen LogP) is 3.33. The van der Waals surface area contributed by atoms with Crippen molar-refractivity contribution in [1.82, 2.24) is 0 Å². The Morgan fingerprint density at radius 3 is 2.86 bits per heavy atom. The summed E-state index contributed by atoms with van der Waals surface area (Å²) in [6.07, 6.45) is 4.32. The van der Waals surface area contributed by atoms with E-state index in [4.69, 9.17) is 21.1 Å². The number of rotatable bonds is 2. The Morgan fingerprint density at radius 1 is 1.36 bits per heavy atom. The zero-order valence-corrected chi connectivity index (χ0v) is 13.1. The highest BCUT2D eigenvalue weighted by molar-refractivity contribution is 6.49. The Hall–Kier alpha value is -1.81. The molecule has 2 aliphatic rings. The van der Waals surface area contributed by atoms with Crippen LogP contribution in [0.4, 0.5) is 0 Å². The lowest BCUT2D eigenvalue weighted by molar-refractivity contribution is -0.163. The van der Waals surface area contributed by atoms with Gasteiger partial charge in [-0.25, -0.2) is 4.79 Å². The minimum atomic E-state index is -1.46. The van der Waals surface area contributed by atoms with Crippen LogP contribution in [0, 0.1) is 5.92 Å². The molecule has 0 aromatic heterocycles. The van der Waals surface area contributed by atoms with Crippen molar-refractivity contribution in [2.24, 2.45) is 5.92 Å². The summed E-state index contributed by atoms with van der Waals surface area (Å²) in [6, 6.07) is 7.21. The van der Waals surface area contributed by atoms with Gasteiger partial charge in [-0.05, 0) is 31.1 Å². The Kier molecular flexibility index (Phi) is 3.96. The van der Waals surface area contributed by atoms with Gasteiger partial charge in [-0.15, -0.1) is 0 Å². The molecule has 1 fully saturated rings. The van der Waals surface area contributed by atoms with Crippen molar-refractivity contribution in [2.75, 3.05) is 7.11 Å². The topological polar surface area (TPSA) is 52.6 Å². The number of ketones is 1. The number of hydrogen-bond donors (Lipinski definition) is 0. The molecule has 1 saturated carbocycles. The maximum atomic E-state index is 12.5. The quantitative estimate of drug-likeness (QED) is 0.784. The molecular weight excluding hydrogens is 304 g/mol. The van der Waals surface area contributed by atoms with E-state index in [1.165, 1.54) is 13.2 Å². The third kappa shape index (κ3) is 2.31. The smallest absolute Gasteiger partial charge is 0.355 e. The van der Waals surface area contributed by atoms with Crippen LogP contribution < -0.4 is 4.74 Å². The summed E-state index contributed by atoms with van der Waals surface area (Å²) in [5, 5.41) is 0.408. The van der Waals surface area contributed by atoms with Gasteiger partial charge in [-0.3, -0.25) is 4.79 Å². The van der Waals surface area contributed by atoms with Crippen LogP contribution in [-0.2, 0) is 14.3 Å². The number of Topliss-reactive ketones (excluding diaryl/α,β-unsaturated/α-hetero) is 1. The summed E-state index contributed by atoms with van der Waals surface area (Å²) in [5.74, 6) is -0.619. The minimum absolute atomic E-state index is 0.0248. The SMILES string of the molecule is COC(=O)C1(C2CCCCC2=O)C=C(Cl)c2ccccc2O1. The maximum Gasteiger partial charge on any atom is 0.355 e. The lowest BCUT2D eigenvalue weighted by atomic mass is 9.74. The lowest BCUT2D eigenvalue weighted by Crippen LogP contribution is -2.54. The number of halogens is 1. The zero-order valence-electron chi connectivity index (χ0n) is 12.3. The molecule has 5 heteroatoms. The van der Waals surface area contributed by atoms with Gasteiger partial charge in [-0.1, -0.05) is 30.2 Å². The van der Waals surface area contributed by atoms with E-state index in [0.717, 1.165) is 12.8 Å². The fourth-order valence-corrected chi connectivity index (χ4v) is 3.56. The van der Waals surface area contributed by atoms with Crippen LogP contribution in [-0.4, -0.2) is 24.5 Å². The van der Waals surface area contributed by atoms with Gasteiger partial charge in [0, 0.05) is 12.0 Å². The van der Waals surface area contributed by atoms with Crippen molar-refractivity contribution in [1.29, 1.82) is 0 Å². The molecule has 0 saturated heterocycles. The molecular formula is C17H17ClO4. The zero-order chi connectivity index (χ0) is 15.7. The van der Waals surface area contributed by atoms with Crippen LogP contribution in [0.2, 0.25) is 0 Å². The summed E-state index contributed by atoms with van der Waals surface area (Å²) in [6.45, 7) is 0. The molecule has 3 rings (SSSR count). The van der Waals surface area contributed by atoms with Crippen molar-refractivity contribution in [3.8, 4) is 5.75 Å². The van der Waals surface area contributed by atoms with E-state index in [-0.39, 0.29) is 5.78 Å². The molecule has 116 valence electrons. The van der Waals surface area contributed by atoms with E-state index < -0.39 is 17.5 Å². The lowest BCUT2D eigenvalue weighted by Gasteiger charge is -2.39. The molecule has 2 unspecified atom stereocenters. The molecule has 0 radical (unpaired) electrons. The van der Waals surface area contributed by atoms with E-state index in [0.29, 0.717) is 29.2 Å². The van der Waals surface area contributed by atoms with Gasteiger partial charge in [0.1, 0.15) is 11.5 Å². The molecule has 1 aromatic carbocycles. The van der Waals surface area contributed by atoms with Crippen molar-refractivity contribution >= 4 is 28.4 Å². The van der Waals surface area contributed by atoms with E-state index in [9.17, 15) is 9.59 Å². The summed E-state index contributed by atoms with van der Waals surface area (Å²) < 4.78 is 10.9. The van der Waals surface area contributed by atoms with Crippen molar-refractivity contribution in [3.05, 3.63) is 35.9 Å². The molecule has 4 nitrogen and oxygen atoms in total. The standard InChI is InChI=1S/C17H17ClO4/c1-21-16(20)17(12-7-3-4-8-14(12)19)10-13(18)11-6-2-5-9-15(11)22-17/h2,5-6,9-10,12H,3-4,7-8H2,1H3. The highest BCUT2D eigenvalue weighted by Gasteiger charge is 2.53. The van der Waals surface area contributed by atoms with Crippen molar-refractivity contribution in [3.63, 3.8) is 0 Å². The van der Waals surface area contributed by atoms with Crippen LogP contribution in [0.1, 0.15) is 31.2 Å². The number of ether oxygens (including phenoxy) is 2. The van der Waals surface area contributed by atoms with Gasteiger partial charge < -0.3 is 9.47 Å². The second-order valence-corrected chi connectivity index (χ2v) is 6.05. The Morgan fingerprint density at radius 2 is 2.14 bits per heavy atom. The minimum Gasteiger partial charge on any atom is -0.470 e. The number of carbonyl (C=O) groups excluding carboxylic acids is 2. The summed E-state index contributed by atoms with van der Waals surface area (Å²) in [7, 11) is 1.29. The number of benzene rings is 1. The number of esters is 1. The predicted molar refractivity (Wildman–Crippen MR) is 82.6 cm³/mol. The van der Waals surface area contributed by atoms with Crippen LogP contribution in [0.5, 0.6) is 5.75 Å². The monoisotopic (exact) mass is 320 g/mol.